The van der Waals surface area contributed by atoms with Crippen LogP contribution in [0.5, 0.6) is 0 Å². The van der Waals surface area contributed by atoms with Crippen molar-refractivity contribution < 1.29 is 23.9 Å². The summed E-state index contributed by atoms with van der Waals surface area (Å²) in [6.45, 7) is 2.96. The van der Waals surface area contributed by atoms with Crippen molar-refractivity contribution in [2.45, 2.75) is 38.7 Å². The molecule has 7 heteroatoms. The van der Waals surface area contributed by atoms with Crippen LogP contribution in [0, 0.1) is 0 Å². The molecule has 0 bridgehead atoms. The highest BCUT2D eigenvalue weighted by Gasteiger charge is 2.36. The van der Waals surface area contributed by atoms with Crippen molar-refractivity contribution >= 4 is 29.4 Å². The standard InChI is InChI=1S/C24H24N2O5/c1-16(21(27)25-14-6-2-3-7-15-25)31-24(30)17-10-12-18(13-11-17)26-22(28)19-8-4-5-9-20(19)23(26)29/h4-5,8-13,16H,2-3,6-7,14-15H2,1H3/t16-/m1/s1. The number of hydrogen-bond donors (Lipinski definition) is 0. The average Bonchev–Trinajstić information content (AvgIpc) is 2.96. The van der Waals surface area contributed by atoms with E-state index in [4.69, 9.17) is 4.74 Å². The number of hydrogen-bond acceptors (Lipinski definition) is 5. The van der Waals surface area contributed by atoms with Crippen LogP contribution >= 0.6 is 0 Å². The highest BCUT2D eigenvalue weighted by atomic mass is 16.5. The number of ether oxygens (including phenoxy) is 1. The summed E-state index contributed by atoms with van der Waals surface area (Å²) in [5.41, 5.74) is 1.33. The fourth-order valence-electron chi connectivity index (χ4n) is 4.00. The molecule has 2 aliphatic rings. The molecule has 0 aromatic heterocycles. The van der Waals surface area contributed by atoms with Gasteiger partial charge in [-0.15, -0.1) is 0 Å². The zero-order valence-electron chi connectivity index (χ0n) is 17.4. The van der Waals surface area contributed by atoms with Crippen LogP contribution in [0.3, 0.4) is 0 Å². The van der Waals surface area contributed by atoms with Crippen LogP contribution in [0.4, 0.5) is 5.69 Å². The van der Waals surface area contributed by atoms with Gasteiger partial charge in [0.25, 0.3) is 17.7 Å². The molecule has 0 unspecified atom stereocenters. The topological polar surface area (TPSA) is 84.0 Å². The molecule has 0 N–H and O–H groups in total. The van der Waals surface area contributed by atoms with Gasteiger partial charge >= 0.3 is 5.97 Å². The second kappa shape index (κ2) is 8.71. The number of amides is 3. The molecular weight excluding hydrogens is 396 g/mol. The zero-order chi connectivity index (χ0) is 22.0. The van der Waals surface area contributed by atoms with E-state index in [0.717, 1.165) is 30.6 Å². The van der Waals surface area contributed by atoms with E-state index in [1.807, 2.05) is 0 Å². The molecule has 2 heterocycles. The van der Waals surface area contributed by atoms with Crippen LogP contribution in [0.25, 0.3) is 0 Å². The number of rotatable bonds is 4. The molecular formula is C24H24N2O5. The Labute approximate surface area is 180 Å². The first-order valence-electron chi connectivity index (χ1n) is 10.5. The van der Waals surface area contributed by atoms with Gasteiger partial charge in [0.1, 0.15) is 0 Å². The van der Waals surface area contributed by atoms with E-state index in [-0.39, 0.29) is 11.5 Å². The summed E-state index contributed by atoms with van der Waals surface area (Å²) < 4.78 is 5.37. The van der Waals surface area contributed by atoms with Crippen LogP contribution in [0.15, 0.2) is 48.5 Å². The molecule has 4 rings (SSSR count). The molecule has 1 fully saturated rings. The lowest BCUT2D eigenvalue weighted by atomic mass is 10.1. The predicted molar refractivity (Wildman–Crippen MR) is 114 cm³/mol. The second-order valence-electron chi connectivity index (χ2n) is 7.83. The van der Waals surface area contributed by atoms with Crippen LogP contribution in [-0.2, 0) is 9.53 Å². The first-order valence-corrected chi connectivity index (χ1v) is 10.5. The molecule has 1 atom stereocenters. The Bertz CT molecular complexity index is 988. The number of esters is 1. The molecule has 3 amide bonds. The fourth-order valence-corrected chi connectivity index (χ4v) is 4.00. The van der Waals surface area contributed by atoms with Crippen molar-refractivity contribution in [3.63, 3.8) is 0 Å². The molecule has 2 aromatic rings. The normalized spacial score (nSPS) is 17.2. The number of carbonyl (C=O) groups excluding carboxylic acids is 4. The molecule has 0 radical (unpaired) electrons. The van der Waals surface area contributed by atoms with E-state index in [2.05, 4.69) is 0 Å². The number of fused-ring (bicyclic) bond motifs is 1. The van der Waals surface area contributed by atoms with Gasteiger partial charge in [0.05, 0.1) is 22.4 Å². The van der Waals surface area contributed by atoms with E-state index >= 15 is 0 Å². The smallest absolute Gasteiger partial charge is 0.338 e. The third kappa shape index (κ3) is 4.08. The maximum absolute atomic E-state index is 12.6. The number of imide groups is 1. The fraction of sp³-hybridized carbons (Fsp3) is 0.333. The zero-order valence-corrected chi connectivity index (χ0v) is 17.4. The lowest BCUT2D eigenvalue weighted by Gasteiger charge is -2.24. The van der Waals surface area contributed by atoms with Gasteiger partial charge in [-0.2, -0.15) is 0 Å². The Morgan fingerprint density at radius 2 is 1.39 bits per heavy atom. The largest absolute Gasteiger partial charge is 0.449 e. The lowest BCUT2D eigenvalue weighted by Crippen LogP contribution is -2.40. The minimum absolute atomic E-state index is 0.183. The molecule has 160 valence electrons. The summed E-state index contributed by atoms with van der Waals surface area (Å²) in [5, 5.41) is 0. The summed E-state index contributed by atoms with van der Waals surface area (Å²) >= 11 is 0. The van der Waals surface area contributed by atoms with Gasteiger partial charge in [-0.3, -0.25) is 14.4 Å². The maximum Gasteiger partial charge on any atom is 0.338 e. The monoisotopic (exact) mass is 420 g/mol. The SMILES string of the molecule is C[C@@H](OC(=O)c1ccc(N2C(=O)c3ccccc3C2=O)cc1)C(=O)N1CCCCCC1. The molecule has 0 spiro atoms. The predicted octanol–water partition coefficient (Wildman–Crippen LogP) is 3.44. The van der Waals surface area contributed by atoms with Gasteiger partial charge in [0.15, 0.2) is 6.10 Å². The number of benzene rings is 2. The maximum atomic E-state index is 12.6. The van der Waals surface area contributed by atoms with E-state index in [1.165, 1.54) is 24.3 Å². The van der Waals surface area contributed by atoms with E-state index in [0.29, 0.717) is 29.9 Å². The summed E-state index contributed by atoms with van der Waals surface area (Å²) in [6, 6.07) is 12.7. The average molecular weight is 420 g/mol. The Hall–Kier alpha value is -3.48. The third-order valence-corrected chi connectivity index (χ3v) is 5.70. The van der Waals surface area contributed by atoms with E-state index < -0.39 is 23.9 Å². The van der Waals surface area contributed by atoms with Crippen molar-refractivity contribution in [2.75, 3.05) is 18.0 Å². The quantitative estimate of drug-likeness (QED) is 0.559. The molecule has 31 heavy (non-hydrogen) atoms. The van der Waals surface area contributed by atoms with Gasteiger partial charge in [-0.1, -0.05) is 25.0 Å². The summed E-state index contributed by atoms with van der Waals surface area (Å²) in [6.07, 6.45) is 3.27. The van der Waals surface area contributed by atoms with Crippen molar-refractivity contribution in [2.24, 2.45) is 0 Å². The lowest BCUT2D eigenvalue weighted by molar-refractivity contribution is -0.139. The van der Waals surface area contributed by atoms with E-state index in [1.54, 1.807) is 36.1 Å². The van der Waals surface area contributed by atoms with Crippen molar-refractivity contribution in [1.29, 1.82) is 0 Å². The summed E-state index contributed by atoms with van der Waals surface area (Å²) in [7, 11) is 0. The number of anilines is 1. The second-order valence-corrected chi connectivity index (χ2v) is 7.83. The Kier molecular flexibility index (Phi) is 5.84. The van der Waals surface area contributed by atoms with Crippen LogP contribution < -0.4 is 4.90 Å². The first kappa shape index (κ1) is 20.8. The number of carbonyl (C=O) groups is 4. The van der Waals surface area contributed by atoms with Crippen molar-refractivity contribution in [1.82, 2.24) is 4.90 Å². The third-order valence-electron chi connectivity index (χ3n) is 5.70. The Balaban J connectivity index is 1.42. The molecule has 1 saturated heterocycles. The molecule has 2 aliphatic heterocycles. The molecule has 0 saturated carbocycles. The van der Waals surface area contributed by atoms with Crippen molar-refractivity contribution in [3.05, 3.63) is 65.2 Å². The van der Waals surface area contributed by atoms with Gasteiger partial charge in [-0.25, -0.2) is 9.69 Å². The molecule has 7 nitrogen and oxygen atoms in total. The number of nitrogens with zero attached hydrogens (tertiary/aromatic N) is 2. The van der Waals surface area contributed by atoms with Crippen LogP contribution in [-0.4, -0.2) is 47.8 Å². The van der Waals surface area contributed by atoms with E-state index in [9.17, 15) is 19.2 Å². The highest BCUT2D eigenvalue weighted by molar-refractivity contribution is 6.34. The van der Waals surface area contributed by atoms with Gasteiger partial charge in [0.2, 0.25) is 0 Å². The Morgan fingerprint density at radius 1 is 0.839 bits per heavy atom. The molecule has 2 aromatic carbocycles. The number of likely N-dealkylation sites (tertiary alicyclic amines) is 1. The first-order chi connectivity index (χ1) is 15.0. The van der Waals surface area contributed by atoms with Gasteiger partial charge in [-0.05, 0) is 56.2 Å². The van der Waals surface area contributed by atoms with Crippen LogP contribution in [0.1, 0.15) is 63.7 Å². The summed E-state index contributed by atoms with van der Waals surface area (Å²) in [5.74, 6) is -1.59. The highest BCUT2D eigenvalue weighted by Crippen LogP contribution is 2.28. The minimum atomic E-state index is -0.874. The molecule has 0 aliphatic carbocycles. The van der Waals surface area contributed by atoms with Gasteiger partial charge < -0.3 is 9.64 Å². The minimum Gasteiger partial charge on any atom is -0.449 e. The Morgan fingerprint density at radius 3 is 1.94 bits per heavy atom. The van der Waals surface area contributed by atoms with Crippen molar-refractivity contribution in [3.8, 4) is 0 Å². The van der Waals surface area contributed by atoms with Crippen LogP contribution in [0.2, 0.25) is 0 Å². The van der Waals surface area contributed by atoms with Gasteiger partial charge in [0, 0.05) is 13.1 Å². The summed E-state index contributed by atoms with van der Waals surface area (Å²) in [4.78, 5) is 53.1.